The number of aromatic nitrogens is 8. The van der Waals surface area contributed by atoms with E-state index in [0.29, 0.717) is 35.7 Å². The van der Waals surface area contributed by atoms with Crippen LogP contribution < -0.4 is 23.8 Å². The molecule has 2 atom stereocenters. The van der Waals surface area contributed by atoms with E-state index in [2.05, 4.69) is 44.7 Å². The molecule has 0 amide bonds. The van der Waals surface area contributed by atoms with Crippen LogP contribution in [0.25, 0.3) is 17.2 Å². The van der Waals surface area contributed by atoms with Crippen molar-refractivity contribution in [3.8, 4) is 34.8 Å². The Kier molecular flexibility index (Phi) is 8.47. The Bertz CT molecular complexity index is 1490. The van der Waals surface area contributed by atoms with Gasteiger partial charge in [0.25, 0.3) is 11.3 Å². The van der Waals surface area contributed by atoms with Gasteiger partial charge in [-0.25, -0.2) is 28.5 Å². The maximum Gasteiger partial charge on any atom is 0.261 e. The Morgan fingerprint density at radius 1 is 1.12 bits per heavy atom. The summed E-state index contributed by atoms with van der Waals surface area (Å²) in [6.45, 7) is 1.79. The number of rotatable bonds is 10. The molecule has 0 aromatic carbocycles. The number of ether oxygens (including phenoxy) is 3. The average molecular weight is 589 g/mol. The largest absolute Gasteiger partial charge is 0.481 e. The third kappa shape index (κ3) is 6.03. The van der Waals surface area contributed by atoms with Crippen molar-refractivity contribution in [1.82, 2.24) is 39.7 Å². The standard InChI is InChI=1S/C23H25ClN10O5S/c1-37-17-7-3-6-16(29-17)19-30-31-23(32-40(35)36)34(19)18-20(38-2)27-13-28-21(18)39-12-14-5-4-8-33(11-14)22-25-9-15(24)10-26-22/h3,6-7,9-10,13-14H,4-5,8,11-12H2,1-2H3,(H,31,32)(H,35,36). The van der Waals surface area contributed by atoms with Gasteiger partial charge in [0.05, 0.1) is 38.2 Å². The minimum atomic E-state index is -2.46. The fourth-order valence-electron chi connectivity index (χ4n) is 4.30. The topological polar surface area (TPSA) is 175 Å². The quantitative estimate of drug-likeness (QED) is 0.258. The lowest BCUT2D eigenvalue weighted by Gasteiger charge is -2.32. The molecule has 40 heavy (non-hydrogen) atoms. The molecule has 210 valence electrons. The molecule has 0 saturated carbocycles. The van der Waals surface area contributed by atoms with Crippen molar-refractivity contribution < 1.29 is 23.0 Å². The van der Waals surface area contributed by atoms with Crippen molar-refractivity contribution in [3.63, 3.8) is 0 Å². The van der Waals surface area contributed by atoms with Gasteiger partial charge in [-0.1, -0.05) is 17.7 Å². The lowest BCUT2D eigenvalue weighted by atomic mass is 9.99. The van der Waals surface area contributed by atoms with Crippen LogP contribution in [0.2, 0.25) is 5.02 Å². The number of methoxy groups -OCH3 is 2. The van der Waals surface area contributed by atoms with E-state index in [9.17, 15) is 8.76 Å². The Morgan fingerprint density at radius 2 is 1.93 bits per heavy atom. The minimum absolute atomic E-state index is 0.0814. The number of halogens is 1. The van der Waals surface area contributed by atoms with Crippen LogP contribution in [0, 0.1) is 5.92 Å². The molecule has 1 fully saturated rings. The van der Waals surface area contributed by atoms with Crippen LogP contribution in [0.4, 0.5) is 11.9 Å². The Morgan fingerprint density at radius 3 is 2.67 bits per heavy atom. The summed E-state index contributed by atoms with van der Waals surface area (Å²) in [5, 5.41) is 8.72. The van der Waals surface area contributed by atoms with Gasteiger partial charge in [-0.2, -0.15) is 9.97 Å². The predicted octanol–water partition coefficient (Wildman–Crippen LogP) is 2.42. The Balaban J connectivity index is 1.48. The van der Waals surface area contributed by atoms with E-state index >= 15 is 0 Å². The lowest BCUT2D eigenvalue weighted by Crippen LogP contribution is -2.38. The average Bonchev–Trinajstić information content (AvgIpc) is 3.38. The van der Waals surface area contributed by atoms with Crippen LogP contribution in [0.15, 0.2) is 36.9 Å². The van der Waals surface area contributed by atoms with E-state index in [-0.39, 0.29) is 35.1 Å². The molecular weight excluding hydrogens is 564 g/mol. The van der Waals surface area contributed by atoms with Crippen molar-refractivity contribution in [2.24, 2.45) is 5.92 Å². The van der Waals surface area contributed by atoms with E-state index in [1.807, 2.05) is 0 Å². The maximum atomic E-state index is 11.7. The van der Waals surface area contributed by atoms with Gasteiger partial charge in [0.15, 0.2) is 11.5 Å². The van der Waals surface area contributed by atoms with Crippen molar-refractivity contribution in [1.29, 1.82) is 0 Å². The molecule has 4 aromatic rings. The number of hydrogen-bond acceptors (Lipinski definition) is 12. The van der Waals surface area contributed by atoms with E-state index in [4.69, 9.17) is 25.8 Å². The smallest absolute Gasteiger partial charge is 0.261 e. The van der Waals surface area contributed by atoms with Gasteiger partial charge in [-0.15, -0.1) is 10.2 Å². The second kappa shape index (κ2) is 12.4. The first kappa shape index (κ1) is 27.4. The first-order chi connectivity index (χ1) is 19.5. The van der Waals surface area contributed by atoms with E-state index in [1.165, 1.54) is 25.1 Å². The molecule has 0 bridgehead atoms. The van der Waals surface area contributed by atoms with Crippen molar-refractivity contribution in [2.75, 3.05) is 43.5 Å². The zero-order valence-corrected chi connectivity index (χ0v) is 23.0. The molecule has 5 heterocycles. The highest BCUT2D eigenvalue weighted by Crippen LogP contribution is 2.35. The molecular formula is C23H25ClN10O5S. The second-order valence-corrected chi connectivity index (χ2v) is 9.74. The van der Waals surface area contributed by atoms with Crippen LogP contribution in [0.5, 0.6) is 17.6 Å². The Labute approximate surface area is 236 Å². The predicted molar refractivity (Wildman–Crippen MR) is 145 cm³/mol. The van der Waals surface area contributed by atoms with Crippen molar-refractivity contribution in [3.05, 3.63) is 41.9 Å². The fourth-order valence-corrected chi connectivity index (χ4v) is 4.69. The monoisotopic (exact) mass is 588 g/mol. The highest BCUT2D eigenvalue weighted by molar-refractivity contribution is 7.80. The van der Waals surface area contributed by atoms with Gasteiger partial charge in [0, 0.05) is 25.1 Å². The third-order valence-electron chi connectivity index (χ3n) is 6.04. The summed E-state index contributed by atoms with van der Waals surface area (Å²) < 4.78 is 42.1. The van der Waals surface area contributed by atoms with Crippen LogP contribution in [-0.2, 0) is 11.3 Å². The molecule has 5 rings (SSSR count). The highest BCUT2D eigenvalue weighted by Gasteiger charge is 2.28. The van der Waals surface area contributed by atoms with Crippen LogP contribution in [0.3, 0.4) is 0 Å². The first-order valence-corrected chi connectivity index (χ1v) is 13.5. The highest BCUT2D eigenvalue weighted by atomic mass is 35.5. The van der Waals surface area contributed by atoms with Gasteiger partial charge < -0.3 is 19.1 Å². The summed E-state index contributed by atoms with van der Waals surface area (Å²) in [6.07, 6.45) is 6.29. The maximum absolute atomic E-state index is 11.7. The van der Waals surface area contributed by atoms with Gasteiger partial charge in [0.2, 0.25) is 29.5 Å². The van der Waals surface area contributed by atoms with Crippen LogP contribution in [0.1, 0.15) is 12.8 Å². The van der Waals surface area contributed by atoms with Crippen LogP contribution >= 0.6 is 11.6 Å². The van der Waals surface area contributed by atoms with Gasteiger partial charge >= 0.3 is 0 Å². The number of anilines is 2. The first-order valence-electron chi connectivity index (χ1n) is 12.1. The number of pyridine rings is 1. The molecule has 1 aliphatic heterocycles. The molecule has 0 radical (unpaired) electrons. The van der Waals surface area contributed by atoms with Crippen molar-refractivity contribution >= 4 is 34.8 Å². The lowest BCUT2D eigenvalue weighted by molar-refractivity contribution is 0.219. The summed E-state index contributed by atoms with van der Waals surface area (Å²) in [7, 11) is 2.93. The summed E-state index contributed by atoms with van der Waals surface area (Å²) in [5.74, 6) is 1.47. The van der Waals surface area contributed by atoms with E-state index in [0.717, 1.165) is 19.4 Å². The fraction of sp³-hybridized carbons (Fsp3) is 0.348. The molecule has 15 nitrogen and oxygen atoms in total. The second-order valence-electron chi connectivity index (χ2n) is 8.60. The third-order valence-corrected chi connectivity index (χ3v) is 6.59. The molecule has 2 unspecified atom stereocenters. The molecule has 1 saturated heterocycles. The Hall–Kier alpha value is -4.15. The molecule has 17 heteroatoms. The van der Waals surface area contributed by atoms with Crippen LogP contribution in [-0.4, -0.2) is 82.4 Å². The summed E-state index contributed by atoms with van der Waals surface area (Å²) in [5.41, 5.74) is 0.586. The zero-order valence-electron chi connectivity index (χ0n) is 21.5. The zero-order chi connectivity index (χ0) is 28.1. The minimum Gasteiger partial charge on any atom is -0.481 e. The van der Waals surface area contributed by atoms with Gasteiger partial charge in [0.1, 0.15) is 12.0 Å². The van der Waals surface area contributed by atoms with Gasteiger partial charge in [-0.05, 0) is 18.9 Å². The molecule has 0 aliphatic carbocycles. The molecule has 4 aromatic heterocycles. The van der Waals surface area contributed by atoms with E-state index < -0.39 is 11.3 Å². The number of nitrogens with one attached hydrogen (secondary N) is 1. The summed E-state index contributed by atoms with van der Waals surface area (Å²) in [6, 6.07) is 5.09. The summed E-state index contributed by atoms with van der Waals surface area (Å²) >= 11 is 3.48. The normalized spacial score (nSPS) is 15.9. The molecule has 0 spiro atoms. The van der Waals surface area contributed by atoms with E-state index in [1.54, 1.807) is 30.6 Å². The number of piperidine rings is 1. The van der Waals surface area contributed by atoms with Crippen molar-refractivity contribution in [2.45, 2.75) is 12.8 Å². The van der Waals surface area contributed by atoms with Gasteiger partial charge in [-0.3, -0.25) is 4.55 Å². The molecule has 1 aliphatic rings. The summed E-state index contributed by atoms with van der Waals surface area (Å²) in [4.78, 5) is 23.7. The number of nitrogens with zero attached hydrogens (tertiary/aromatic N) is 9. The SMILES string of the molecule is COc1cccc(-c2nnc(NS(=O)O)n2-c2c(OC)ncnc2OCC2CCCN(c3ncc(Cl)cn3)C2)n1. The molecule has 2 N–H and O–H groups in total. The number of hydrogen-bond donors (Lipinski definition) is 2.